The first-order valence-electron chi connectivity index (χ1n) is 19.2. The summed E-state index contributed by atoms with van der Waals surface area (Å²) >= 11 is 0. The molecule has 0 bridgehead atoms. The van der Waals surface area contributed by atoms with Crippen molar-refractivity contribution >= 4 is 40.1 Å². The minimum atomic E-state index is -4.67. The number of aliphatic carboxylic acids is 1. The van der Waals surface area contributed by atoms with Crippen LogP contribution in [-0.2, 0) is 43.6 Å². The van der Waals surface area contributed by atoms with E-state index < -0.39 is 34.1 Å². The van der Waals surface area contributed by atoms with E-state index in [4.69, 9.17) is 9.47 Å². The van der Waals surface area contributed by atoms with E-state index in [1.54, 1.807) is 26.0 Å². The average Bonchev–Trinajstić information content (AvgIpc) is 3.57. The largest absolute Gasteiger partial charge is 0.491 e. The first-order valence-corrected chi connectivity index (χ1v) is 20.6. The number of nitrogens with zero attached hydrogens (tertiary/aromatic N) is 3. The second kappa shape index (κ2) is 19.5. The Morgan fingerprint density at radius 2 is 1.67 bits per heavy atom. The van der Waals surface area contributed by atoms with Crippen molar-refractivity contribution in [2.24, 2.45) is 5.41 Å². The second-order valence-electron chi connectivity index (χ2n) is 14.7. The molecule has 0 aliphatic carbocycles. The van der Waals surface area contributed by atoms with Gasteiger partial charge in [0.05, 0.1) is 40.6 Å². The van der Waals surface area contributed by atoms with E-state index in [0.29, 0.717) is 68.3 Å². The highest BCUT2D eigenvalue weighted by Crippen LogP contribution is 2.35. The molecule has 3 aromatic carbocycles. The minimum absolute atomic E-state index is 0.130. The SMILES string of the molecule is CCCCOCCOc1ccc(-c2ccc3c(c2)/C=C(/C(=O)Nc2ccc(S(=O)Cc4c(C(F)(F)F)ncn4CCC)cc2)CCCN3CC(C)(C)C(=O)O)cc1. The van der Waals surface area contributed by atoms with Gasteiger partial charge in [0.1, 0.15) is 12.4 Å². The van der Waals surface area contributed by atoms with Crippen LogP contribution in [0, 0.1) is 5.41 Å². The van der Waals surface area contributed by atoms with Crippen LogP contribution in [0.4, 0.5) is 24.5 Å². The number of aromatic nitrogens is 2. The van der Waals surface area contributed by atoms with Crippen LogP contribution >= 0.6 is 0 Å². The lowest BCUT2D eigenvalue weighted by Gasteiger charge is -2.34. The molecule has 0 radical (unpaired) electrons. The number of imidazole rings is 1. The van der Waals surface area contributed by atoms with Crippen molar-refractivity contribution < 1.29 is 41.5 Å². The van der Waals surface area contributed by atoms with E-state index in [1.807, 2.05) is 55.5 Å². The van der Waals surface area contributed by atoms with Crippen molar-refractivity contribution in [2.45, 2.75) is 83.2 Å². The fraction of sp³-hybridized carbons (Fsp3) is 0.419. The van der Waals surface area contributed by atoms with Gasteiger partial charge in [0.2, 0.25) is 0 Å². The average molecular weight is 809 g/mol. The first-order chi connectivity index (χ1) is 27.2. The van der Waals surface area contributed by atoms with Crippen LogP contribution in [0.5, 0.6) is 5.75 Å². The number of benzene rings is 3. The highest BCUT2D eigenvalue weighted by Gasteiger charge is 2.38. The molecule has 0 saturated carbocycles. The topological polar surface area (TPSA) is 123 Å². The molecule has 10 nitrogen and oxygen atoms in total. The Morgan fingerprint density at radius 1 is 0.947 bits per heavy atom. The van der Waals surface area contributed by atoms with Crippen molar-refractivity contribution in [1.82, 2.24) is 9.55 Å². The van der Waals surface area contributed by atoms with Gasteiger partial charge in [-0.05, 0) is 111 Å². The zero-order valence-electron chi connectivity index (χ0n) is 32.9. The maximum absolute atomic E-state index is 13.8. The summed E-state index contributed by atoms with van der Waals surface area (Å²) in [7, 11) is -1.80. The van der Waals surface area contributed by atoms with Gasteiger partial charge < -0.3 is 29.4 Å². The summed E-state index contributed by atoms with van der Waals surface area (Å²) in [4.78, 5) is 31.8. The Balaban J connectivity index is 1.35. The third kappa shape index (κ3) is 11.6. The number of carboxylic acids is 1. The van der Waals surface area contributed by atoms with Gasteiger partial charge in [-0.15, -0.1) is 0 Å². The number of alkyl halides is 3. The number of hydrogen-bond donors (Lipinski definition) is 2. The molecule has 0 spiro atoms. The molecule has 0 fully saturated rings. The number of fused-ring (bicyclic) bond motifs is 1. The number of carbonyl (C=O) groups is 2. The summed E-state index contributed by atoms with van der Waals surface area (Å²) < 4.78 is 67.0. The molecular formula is C43H51F3N4O6S. The smallest absolute Gasteiger partial charge is 0.435 e. The van der Waals surface area contributed by atoms with Gasteiger partial charge >= 0.3 is 12.1 Å². The number of nitrogens with one attached hydrogen (secondary N) is 1. The van der Waals surface area contributed by atoms with Crippen LogP contribution in [0.2, 0.25) is 0 Å². The molecule has 1 aliphatic heterocycles. The quantitative estimate of drug-likeness (QED) is 0.0955. The van der Waals surface area contributed by atoms with Crippen LogP contribution in [-0.4, -0.2) is 63.7 Å². The number of rotatable bonds is 18. The summed E-state index contributed by atoms with van der Waals surface area (Å²) in [5, 5.41) is 12.8. The Bertz CT molecular complexity index is 2040. The zero-order chi connectivity index (χ0) is 41.2. The third-order valence-electron chi connectivity index (χ3n) is 9.68. The first kappa shape index (κ1) is 43.2. The maximum atomic E-state index is 13.8. The van der Waals surface area contributed by atoms with Gasteiger partial charge in [-0.25, -0.2) is 4.98 Å². The number of unbranched alkanes of at least 4 members (excludes halogenated alkanes) is 1. The van der Waals surface area contributed by atoms with Crippen LogP contribution in [0.15, 0.2) is 83.5 Å². The van der Waals surface area contributed by atoms with E-state index in [2.05, 4.69) is 22.1 Å². The summed E-state index contributed by atoms with van der Waals surface area (Å²) in [5.41, 5.74) is 2.17. The number of halogens is 3. The van der Waals surface area contributed by atoms with Gasteiger partial charge in [0, 0.05) is 48.1 Å². The predicted octanol–water partition coefficient (Wildman–Crippen LogP) is 9.22. The summed E-state index contributed by atoms with van der Waals surface area (Å²) in [6.45, 7) is 10.1. The lowest BCUT2D eigenvalue weighted by molar-refractivity contribution is -0.146. The number of amides is 1. The van der Waals surface area contributed by atoms with Gasteiger partial charge in [0.25, 0.3) is 5.91 Å². The van der Waals surface area contributed by atoms with E-state index in [1.165, 1.54) is 16.7 Å². The number of hydrogen-bond acceptors (Lipinski definition) is 7. The monoisotopic (exact) mass is 808 g/mol. The van der Waals surface area contributed by atoms with Crippen LogP contribution < -0.4 is 15.0 Å². The molecule has 2 heterocycles. The molecule has 2 N–H and O–H groups in total. The molecule has 1 aliphatic rings. The Hall–Kier alpha value is -4.95. The van der Waals surface area contributed by atoms with Crippen LogP contribution in [0.3, 0.4) is 0 Å². The Labute approximate surface area is 334 Å². The fourth-order valence-electron chi connectivity index (χ4n) is 6.52. The minimum Gasteiger partial charge on any atom is -0.491 e. The van der Waals surface area contributed by atoms with Crippen molar-refractivity contribution in [3.8, 4) is 16.9 Å². The van der Waals surface area contributed by atoms with E-state index >= 15 is 0 Å². The van der Waals surface area contributed by atoms with Crippen LogP contribution in [0.1, 0.15) is 76.8 Å². The molecule has 14 heteroatoms. The molecule has 57 heavy (non-hydrogen) atoms. The highest BCUT2D eigenvalue weighted by molar-refractivity contribution is 7.84. The number of aryl methyl sites for hydroxylation is 1. The fourth-order valence-corrected chi connectivity index (χ4v) is 7.67. The third-order valence-corrected chi connectivity index (χ3v) is 11.0. The molecular weight excluding hydrogens is 758 g/mol. The Morgan fingerprint density at radius 3 is 2.33 bits per heavy atom. The van der Waals surface area contributed by atoms with Crippen molar-refractivity contribution in [3.05, 3.63) is 95.6 Å². The summed E-state index contributed by atoms with van der Waals surface area (Å²) in [6.07, 6.45) is 1.99. The predicted molar refractivity (Wildman–Crippen MR) is 217 cm³/mol. The van der Waals surface area contributed by atoms with Crippen molar-refractivity contribution in [3.63, 3.8) is 0 Å². The molecule has 5 rings (SSSR count). The number of anilines is 2. The molecule has 1 amide bonds. The van der Waals surface area contributed by atoms with E-state index in [9.17, 15) is 32.1 Å². The van der Waals surface area contributed by atoms with Gasteiger partial charge in [-0.3, -0.25) is 13.8 Å². The zero-order valence-corrected chi connectivity index (χ0v) is 33.7. The summed E-state index contributed by atoms with van der Waals surface area (Å²) in [5.74, 6) is -0.878. The van der Waals surface area contributed by atoms with E-state index in [-0.39, 0.29) is 23.9 Å². The molecule has 306 valence electrons. The van der Waals surface area contributed by atoms with Gasteiger partial charge in [-0.2, -0.15) is 13.2 Å². The summed E-state index contributed by atoms with van der Waals surface area (Å²) in [6, 6.07) is 19.9. The number of ether oxygens (including phenoxy) is 2. The highest BCUT2D eigenvalue weighted by atomic mass is 32.2. The van der Waals surface area contributed by atoms with Gasteiger partial charge in [-0.1, -0.05) is 38.5 Å². The van der Waals surface area contributed by atoms with Crippen LogP contribution in [0.25, 0.3) is 17.2 Å². The van der Waals surface area contributed by atoms with Crippen molar-refractivity contribution in [2.75, 3.05) is 43.1 Å². The van der Waals surface area contributed by atoms with Crippen molar-refractivity contribution in [1.29, 1.82) is 0 Å². The molecule has 4 aromatic rings. The second-order valence-corrected chi connectivity index (χ2v) is 16.1. The molecule has 1 aromatic heterocycles. The van der Waals surface area contributed by atoms with Gasteiger partial charge in [0.15, 0.2) is 5.69 Å². The number of carboxylic acid groups (broad SMARTS) is 1. The maximum Gasteiger partial charge on any atom is 0.435 e. The Kier molecular flexibility index (Phi) is 14.7. The molecule has 1 unspecified atom stereocenters. The van der Waals surface area contributed by atoms with E-state index in [0.717, 1.165) is 47.3 Å². The lowest BCUT2D eigenvalue weighted by Crippen LogP contribution is -2.40. The number of carbonyl (C=O) groups excluding carboxylic acids is 1. The molecule has 1 atom stereocenters. The molecule has 0 saturated heterocycles. The normalized spacial score (nSPS) is 14.9. The standard InChI is InChI=1S/C43H51F3N4O6S/c1-5-7-22-55-23-24-56-35-15-10-30(11-16-35)31-12-19-37-33(25-31)26-32(9-8-21-49(37)28-42(3,4)41(52)53)40(51)48-34-13-17-36(18-14-34)57(54)27-38-39(43(44,45)46)47-29-50(38)20-6-2/h10-19,25-26,29H,5-9,20-24,27-28H2,1-4H3,(H,48,51)(H,52,53)/b32-26+. The lowest BCUT2D eigenvalue weighted by atomic mass is 9.91.